The second-order valence-electron chi connectivity index (χ2n) is 6.63. The number of rotatable bonds is 3. The fraction of sp³-hybridized carbons (Fsp3) is 0.647. The zero-order chi connectivity index (χ0) is 15.5. The molecule has 22 heavy (non-hydrogen) atoms. The van der Waals surface area contributed by atoms with Gasteiger partial charge in [-0.25, -0.2) is 0 Å². The summed E-state index contributed by atoms with van der Waals surface area (Å²) in [6.45, 7) is 3.26. The number of aromatic nitrogens is 1. The van der Waals surface area contributed by atoms with E-state index in [1.165, 1.54) is 0 Å². The van der Waals surface area contributed by atoms with E-state index in [0.29, 0.717) is 25.2 Å². The standard InChI is InChI=1S/C17H25N3O2/c1-19-8-6-16-13(10-19)9-14(12-22-16)17(21)20(2)11-15-5-3-4-7-18-15/h3-5,7,13-14,16H,6,8-12H2,1-2H3/t13-,14-,16+/m0/s1. The fourth-order valence-electron chi connectivity index (χ4n) is 3.61. The first-order chi connectivity index (χ1) is 10.6. The summed E-state index contributed by atoms with van der Waals surface area (Å²) in [7, 11) is 4.00. The lowest BCUT2D eigenvalue weighted by Gasteiger charge is -2.42. The van der Waals surface area contributed by atoms with Crippen molar-refractivity contribution in [3.8, 4) is 0 Å². The van der Waals surface area contributed by atoms with Crippen LogP contribution in [0.2, 0.25) is 0 Å². The minimum atomic E-state index is -0.0125. The van der Waals surface area contributed by atoms with E-state index in [0.717, 1.165) is 31.6 Å². The maximum Gasteiger partial charge on any atom is 0.228 e. The second-order valence-corrected chi connectivity index (χ2v) is 6.63. The van der Waals surface area contributed by atoms with E-state index < -0.39 is 0 Å². The molecular formula is C17H25N3O2. The summed E-state index contributed by atoms with van der Waals surface area (Å²) >= 11 is 0. The molecule has 2 aliphatic heterocycles. The number of likely N-dealkylation sites (tertiary alicyclic amines) is 1. The average Bonchev–Trinajstić information content (AvgIpc) is 2.54. The molecule has 3 heterocycles. The maximum atomic E-state index is 12.7. The first-order valence-electron chi connectivity index (χ1n) is 8.08. The summed E-state index contributed by atoms with van der Waals surface area (Å²) in [4.78, 5) is 21.1. The molecule has 0 spiro atoms. The van der Waals surface area contributed by atoms with Crippen LogP contribution in [-0.2, 0) is 16.1 Å². The van der Waals surface area contributed by atoms with E-state index in [2.05, 4.69) is 16.9 Å². The Hall–Kier alpha value is -1.46. The second kappa shape index (κ2) is 6.75. The zero-order valence-electron chi connectivity index (χ0n) is 13.4. The lowest BCUT2D eigenvalue weighted by atomic mass is 9.83. The molecule has 2 fully saturated rings. The van der Waals surface area contributed by atoms with Gasteiger partial charge in [-0.15, -0.1) is 0 Å². The van der Waals surface area contributed by atoms with Crippen LogP contribution in [0.5, 0.6) is 0 Å². The molecule has 5 nitrogen and oxygen atoms in total. The summed E-state index contributed by atoms with van der Waals surface area (Å²) in [6, 6.07) is 5.79. The van der Waals surface area contributed by atoms with Crippen molar-refractivity contribution < 1.29 is 9.53 Å². The fourth-order valence-corrected chi connectivity index (χ4v) is 3.61. The monoisotopic (exact) mass is 303 g/mol. The van der Waals surface area contributed by atoms with Crippen molar-refractivity contribution in [1.29, 1.82) is 0 Å². The molecule has 2 aliphatic rings. The van der Waals surface area contributed by atoms with E-state index in [1.807, 2.05) is 25.2 Å². The van der Waals surface area contributed by atoms with Crippen molar-refractivity contribution in [3.05, 3.63) is 30.1 Å². The lowest BCUT2D eigenvalue weighted by molar-refractivity contribution is -0.147. The molecule has 1 aromatic rings. The summed E-state index contributed by atoms with van der Waals surface area (Å²) in [5.74, 6) is 0.656. The largest absolute Gasteiger partial charge is 0.377 e. The highest BCUT2D eigenvalue weighted by Gasteiger charge is 2.38. The molecule has 0 saturated carbocycles. The predicted molar refractivity (Wildman–Crippen MR) is 84.2 cm³/mol. The van der Waals surface area contributed by atoms with Crippen molar-refractivity contribution in [1.82, 2.24) is 14.8 Å². The Bertz CT molecular complexity index is 508. The van der Waals surface area contributed by atoms with Gasteiger partial charge in [0.2, 0.25) is 5.91 Å². The molecular weight excluding hydrogens is 278 g/mol. The molecule has 0 bridgehead atoms. The quantitative estimate of drug-likeness (QED) is 0.847. The van der Waals surface area contributed by atoms with Gasteiger partial charge in [0.25, 0.3) is 0 Å². The normalized spacial score (nSPS) is 28.9. The van der Waals surface area contributed by atoms with Gasteiger partial charge in [-0.05, 0) is 37.9 Å². The van der Waals surface area contributed by atoms with E-state index in [9.17, 15) is 4.79 Å². The number of fused-ring (bicyclic) bond motifs is 1. The van der Waals surface area contributed by atoms with Gasteiger partial charge < -0.3 is 14.5 Å². The van der Waals surface area contributed by atoms with Gasteiger partial charge in [-0.1, -0.05) is 6.07 Å². The molecule has 0 radical (unpaired) electrons. The molecule has 0 aliphatic carbocycles. The van der Waals surface area contributed by atoms with Gasteiger partial charge in [0.05, 0.1) is 30.9 Å². The highest BCUT2D eigenvalue weighted by Crippen LogP contribution is 2.31. The number of hydrogen-bond donors (Lipinski definition) is 0. The Kier molecular flexibility index (Phi) is 4.74. The Labute approximate surface area is 132 Å². The molecule has 3 atom stereocenters. The topological polar surface area (TPSA) is 45.7 Å². The summed E-state index contributed by atoms with van der Waals surface area (Å²) in [5, 5.41) is 0. The first-order valence-corrected chi connectivity index (χ1v) is 8.08. The van der Waals surface area contributed by atoms with E-state index >= 15 is 0 Å². The van der Waals surface area contributed by atoms with Gasteiger partial charge in [0.1, 0.15) is 0 Å². The summed E-state index contributed by atoms with van der Waals surface area (Å²) < 4.78 is 5.97. The summed E-state index contributed by atoms with van der Waals surface area (Å²) in [5.41, 5.74) is 0.922. The highest BCUT2D eigenvalue weighted by molar-refractivity contribution is 5.78. The number of pyridine rings is 1. The minimum Gasteiger partial charge on any atom is -0.377 e. The molecule has 2 saturated heterocycles. The zero-order valence-corrected chi connectivity index (χ0v) is 13.4. The molecule has 3 rings (SSSR count). The van der Waals surface area contributed by atoms with Crippen molar-refractivity contribution in [2.45, 2.75) is 25.5 Å². The van der Waals surface area contributed by atoms with Crippen LogP contribution in [0.4, 0.5) is 0 Å². The molecule has 5 heteroatoms. The van der Waals surface area contributed by atoms with Crippen LogP contribution in [-0.4, -0.2) is 60.6 Å². The molecule has 1 aromatic heterocycles. The Balaban J connectivity index is 1.58. The summed E-state index contributed by atoms with van der Waals surface area (Å²) in [6.07, 6.45) is 4.15. The SMILES string of the molecule is CN1CC[C@H]2OC[C@@H](C(=O)N(C)Cc3ccccn3)C[C@H]2C1. The van der Waals surface area contributed by atoms with Crippen molar-refractivity contribution >= 4 is 5.91 Å². The molecule has 0 N–H and O–H groups in total. The van der Waals surface area contributed by atoms with Crippen LogP contribution in [0.15, 0.2) is 24.4 Å². The van der Waals surface area contributed by atoms with Crippen LogP contribution in [0, 0.1) is 11.8 Å². The molecule has 0 unspecified atom stereocenters. The van der Waals surface area contributed by atoms with Crippen LogP contribution in [0.1, 0.15) is 18.5 Å². The molecule has 0 aromatic carbocycles. The molecule has 1 amide bonds. The van der Waals surface area contributed by atoms with Gasteiger partial charge in [-0.3, -0.25) is 9.78 Å². The van der Waals surface area contributed by atoms with Crippen LogP contribution < -0.4 is 0 Å². The van der Waals surface area contributed by atoms with Crippen molar-refractivity contribution in [3.63, 3.8) is 0 Å². The Morgan fingerprint density at radius 2 is 2.36 bits per heavy atom. The molecule has 120 valence electrons. The van der Waals surface area contributed by atoms with Gasteiger partial charge in [0, 0.05) is 26.3 Å². The van der Waals surface area contributed by atoms with Gasteiger partial charge in [-0.2, -0.15) is 0 Å². The number of hydrogen-bond acceptors (Lipinski definition) is 4. The predicted octanol–water partition coefficient (Wildman–Crippen LogP) is 1.40. The highest BCUT2D eigenvalue weighted by atomic mass is 16.5. The Morgan fingerprint density at radius 1 is 1.50 bits per heavy atom. The number of amides is 1. The number of ether oxygens (including phenoxy) is 1. The number of nitrogens with zero attached hydrogens (tertiary/aromatic N) is 3. The smallest absolute Gasteiger partial charge is 0.228 e. The van der Waals surface area contributed by atoms with Crippen LogP contribution in [0.3, 0.4) is 0 Å². The van der Waals surface area contributed by atoms with Gasteiger partial charge >= 0.3 is 0 Å². The number of piperidine rings is 1. The van der Waals surface area contributed by atoms with E-state index in [1.54, 1.807) is 11.1 Å². The van der Waals surface area contributed by atoms with Crippen LogP contribution in [0.25, 0.3) is 0 Å². The van der Waals surface area contributed by atoms with Gasteiger partial charge in [0.15, 0.2) is 0 Å². The first kappa shape index (κ1) is 15.4. The third-order valence-electron chi connectivity index (χ3n) is 4.82. The maximum absolute atomic E-state index is 12.7. The lowest BCUT2D eigenvalue weighted by Crippen LogP contribution is -2.49. The van der Waals surface area contributed by atoms with Crippen LogP contribution >= 0.6 is 0 Å². The van der Waals surface area contributed by atoms with Crippen molar-refractivity contribution in [2.24, 2.45) is 11.8 Å². The minimum absolute atomic E-state index is 0.0125. The average molecular weight is 303 g/mol. The van der Waals surface area contributed by atoms with E-state index in [4.69, 9.17) is 4.74 Å². The van der Waals surface area contributed by atoms with E-state index in [-0.39, 0.29) is 11.8 Å². The third kappa shape index (κ3) is 3.47. The number of carbonyl (C=O) groups excluding carboxylic acids is 1. The third-order valence-corrected chi connectivity index (χ3v) is 4.82. The van der Waals surface area contributed by atoms with Crippen molar-refractivity contribution in [2.75, 3.05) is 33.8 Å². The number of carbonyl (C=O) groups is 1. The Morgan fingerprint density at radius 3 is 3.14 bits per heavy atom.